The van der Waals surface area contributed by atoms with Crippen molar-refractivity contribution in [2.45, 2.75) is 25.9 Å². The van der Waals surface area contributed by atoms with Gasteiger partial charge in [-0.1, -0.05) is 0 Å². The van der Waals surface area contributed by atoms with Gasteiger partial charge in [-0.25, -0.2) is 8.78 Å². The van der Waals surface area contributed by atoms with E-state index in [9.17, 15) is 18.4 Å². The van der Waals surface area contributed by atoms with Crippen LogP contribution in [0.15, 0.2) is 18.2 Å². The molecule has 0 bridgehead atoms. The summed E-state index contributed by atoms with van der Waals surface area (Å²) in [6.07, 6.45) is 0. The number of hydrogen-bond donors (Lipinski definition) is 1. The van der Waals surface area contributed by atoms with E-state index in [0.717, 1.165) is 12.1 Å². The van der Waals surface area contributed by atoms with Crippen molar-refractivity contribution in [3.63, 3.8) is 0 Å². The quantitative estimate of drug-likeness (QED) is 0.818. The zero-order valence-corrected chi connectivity index (χ0v) is 9.91. The number of hydrogen-bond acceptors (Lipinski definition) is 2. The van der Waals surface area contributed by atoms with Crippen molar-refractivity contribution >= 4 is 17.5 Å². The first-order valence-electron chi connectivity index (χ1n) is 5.50. The summed E-state index contributed by atoms with van der Waals surface area (Å²) in [7, 11) is 0. The minimum absolute atomic E-state index is 0.174. The van der Waals surface area contributed by atoms with E-state index in [1.165, 1.54) is 17.9 Å². The topological polar surface area (TPSA) is 49.4 Å². The van der Waals surface area contributed by atoms with Gasteiger partial charge in [-0.2, -0.15) is 0 Å². The van der Waals surface area contributed by atoms with Crippen LogP contribution in [0, 0.1) is 11.6 Å². The first kappa shape index (κ1) is 12.5. The molecule has 0 radical (unpaired) electrons. The number of anilines is 1. The molecule has 1 aromatic rings. The molecule has 1 saturated heterocycles. The van der Waals surface area contributed by atoms with Gasteiger partial charge in [0.05, 0.1) is 0 Å². The van der Waals surface area contributed by atoms with E-state index >= 15 is 0 Å². The first-order chi connectivity index (χ1) is 8.41. The van der Waals surface area contributed by atoms with Gasteiger partial charge in [-0.05, 0) is 26.0 Å². The number of nitrogens with one attached hydrogen (secondary N) is 1. The average molecular weight is 254 g/mol. The van der Waals surface area contributed by atoms with Crippen LogP contribution in [0.5, 0.6) is 0 Å². The van der Waals surface area contributed by atoms with Crippen LogP contribution in [0.25, 0.3) is 0 Å². The van der Waals surface area contributed by atoms with Gasteiger partial charge in [-0.3, -0.25) is 14.5 Å². The fourth-order valence-corrected chi connectivity index (χ4v) is 1.90. The Hall–Kier alpha value is -1.98. The zero-order valence-electron chi connectivity index (χ0n) is 9.91. The standard InChI is InChI=1S/C12H12F2N2O2/c1-6-12(18)16(7(2)11(17)15-6)8-3-4-9(13)10(14)5-8/h3-7H,1-2H3,(H,15,17). The van der Waals surface area contributed by atoms with Gasteiger partial charge in [0.1, 0.15) is 12.1 Å². The second kappa shape index (κ2) is 4.36. The van der Waals surface area contributed by atoms with Gasteiger partial charge in [0.15, 0.2) is 11.6 Å². The van der Waals surface area contributed by atoms with E-state index < -0.39 is 23.7 Å². The van der Waals surface area contributed by atoms with Crippen LogP contribution in [0.4, 0.5) is 14.5 Å². The van der Waals surface area contributed by atoms with Crippen LogP contribution >= 0.6 is 0 Å². The second-order valence-electron chi connectivity index (χ2n) is 4.21. The molecule has 1 aliphatic heterocycles. The Morgan fingerprint density at radius 3 is 2.44 bits per heavy atom. The normalized spacial score (nSPS) is 24.1. The van der Waals surface area contributed by atoms with Gasteiger partial charge in [0, 0.05) is 11.8 Å². The van der Waals surface area contributed by atoms with Crippen LogP contribution in [0.2, 0.25) is 0 Å². The fourth-order valence-electron chi connectivity index (χ4n) is 1.90. The molecule has 96 valence electrons. The Bertz CT molecular complexity index is 519. The van der Waals surface area contributed by atoms with E-state index in [4.69, 9.17) is 0 Å². The van der Waals surface area contributed by atoms with Gasteiger partial charge >= 0.3 is 0 Å². The molecule has 1 N–H and O–H groups in total. The summed E-state index contributed by atoms with van der Waals surface area (Å²) in [6.45, 7) is 3.07. The maximum atomic E-state index is 13.2. The number of nitrogens with zero attached hydrogens (tertiary/aromatic N) is 1. The summed E-state index contributed by atoms with van der Waals surface area (Å²) in [5.41, 5.74) is 0.174. The lowest BCUT2D eigenvalue weighted by molar-refractivity contribution is -0.133. The molecule has 4 nitrogen and oxygen atoms in total. The van der Waals surface area contributed by atoms with Gasteiger partial charge in [0.2, 0.25) is 11.8 Å². The molecule has 0 aliphatic carbocycles. The lowest BCUT2D eigenvalue weighted by Crippen LogP contribution is -2.61. The first-order valence-corrected chi connectivity index (χ1v) is 5.50. The predicted molar refractivity (Wildman–Crippen MR) is 60.9 cm³/mol. The lowest BCUT2D eigenvalue weighted by Gasteiger charge is -2.36. The van der Waals surface area contributed by atoms with Crippen molar-refractivity contribution in [3.05, 3.63) is 29.8 Å². The summed E-state index contributed by atoms with van der Waals surface area (Å²) >= 11 is 0. The van der Waals surface area contributed by atoms with Crippen LogP contribution in [-0.4, -0.2) is 23.9 Å². The molecule has 2 rings (SSSR count). The van der Waals surface area contributed by atoms with Gasteiger partial charge < -0.3 is 5.32 Å². The molecule has 2 amide bonds. The maximum Gasteiger partial charge on any atom is 0.250 e. The van der Waals surface area contributed by atoms with Crippen LogP contribution in [-0.2, 0) is 9.59 Å². The number of benzene rings is 1. The fraction of sp³-hybridized carbons (Fsp3) is 0.333. The molecule has 1 aromatic carbocycles. The second-order valence-corrected chi connectivity index (χ2v) is 4.21. The predicted octanol–water partition coefficient (Wildman–Crippen LogP) is 1.20. The monoisotopic (exact) mass is 254 g/mol. The molecular weight excluding hydrogens is 242 g/mol. The molecule has 0 aromatic heterocycles. The van der Waals surface area contributed by atoms with Crippen LogP contribution in [0.1, 0.15) is 13.8 Å². The maximum absolute atomic E-state index is 13.2. The minimum Gasteiger partial charge on any atom is -0.343 e. The van der Waals surface area contributed by atoms with Crippen molar-refractivity contribution in [1.82, 2.24) is 5.32 Å². The summed E-state index contributed by atoms with van der Waals surface area (Å²) in [5, 5.41) is 2.51. The highest BCUT2D eigenvalue weighted by Crippen LogP contribution is 2.23. The Kier molecular flexibility index (Phi) is 3.02. The van der Waals surface area contributed by atoms with Gasteiger partial charge in [-0.15, -0.1) is 0 Å². The SMILES string of the molecule is CC1NC(=O)C(C)N(c2ccc(F)c(F)c2)C1=O. The molecule has 0 spiro atoms. The number of halogens is 2. The molecular formula is C12H12F2N2O2. The molecule has 1 aliphatic rings. The molecule has 2 unspecified atom stereocenters. The van der Waals surface area contributed by atoms with Crippen LogP contribution < -0.4 is 10.2 Å². The molecule has 2 atom stereocenters. The summed E-state index contributed by atoms with van der Waals surface area (Å²) in [4.78, 5) is 24.8. The number of rotatable bonds is 1. The Morgan fingerprint density at radius 2 is 1.83 bits per heavy atom. The molecule has 1 heterocycles. The van der Waals surface area contributed by atoms with Crippen molar-refractivity contribution in [1.29, 1.82) is 0 Å². The lowest BCUT2D eigenvalue weighted by atomic mass is 10.1. The molecule has 1 fully saturated rings. The highest BCUT2D eigenvalue weighted by molar-refractivity contribution is 6.07. The van der Waals surface area contributed by atoms with E-state index in [1.54, 1.807) is 6.92 Å². The third-order valence-electron chi connectivity index (χ3n) is 2.91. The van der Waals surface area contributed by atoms with Crippen molar-refractivity contribution in [3.8, 4) is 0 Å². The average Bonchev–Trinajstić information content (AvgIpc) is 2.31. The highest BCUT2D eigenvalue weighted by atomic mass is 19.2. The molecule has 0 saturated carbocycles. The number of carbonyl (C=O) groups excluding carboxylic acids is 2. The number of amides is 2. The Labute approximate surface area is 103 Å². The summed E-state index contributed by atoms with van der Waals surface area (Å²) < 4.78 is 26.0. The van der Waals surface area contributed by atoms with E-state index in [-0.39, 0.29) is 17.5 Å². The third-order valence-corrected chi connectivity index (χ3v) is 2.91. The minimum atomic E-state index is -1.05. The number of piperazine rings is 1. The zero-order chi connectivity index (χ0) is 13.4. The highest BCUT2D eigenvalue weighted by Gasteiger charge is 2.36. The Balaban J connectivity index is 2.43. The Morgan fingerprint density at radius 1 is 1.17 bits per heavy atom. The molecule has 6 heteroatoms. The van der Waals surface area contributed by atoms with Crippen LogP contribution in [0.3, 0.4) is 0 Å². The van der Waals surface area contributed by atoms with Crippen molar-refractivity contribution in [2.24, 2.45) is 0 Å². The third kappa shape index (κ3) is 1.94. The van der Waals surface area contributed by atoms with Crippen molar-refractivity contribution < 1.29 is 18.4 Å². The van der Waals surface area contributed by atoms with E-state index in [0.29, 0.717) is 0 Å². The van der Waals surface area contributed by atoms with E-state index in [2.05, 4.69) is 5.32 Å². The number of carbonyl (C=O) groups is 2. The summed E-state index contributed by atoms with van der Waals surface area (Å²) in [6, 6.07) is 1.69. The van der Waals surface area contributed by atoms with E-state index in [1.807, 2.05) is 0 Å². The smallest absolute Gasteiger partial charge is 0.250 e. The summed E-state index contributed by atoms with van der Waals surface area (Å²) in [5.74, 6) is -2.72. The molecule has 18 heavy (non-hydrogen) atoms. The van der Waals surface area contributed by atoms with Crippen molar-refractivity contribution in [2.75, 3.05) is 4.90 Å². The largest absolute Gasteiger partial charge is 0.343 e. The van der Waals surface area contributed by atoms with Gasteiger partial charge in [0.25, 0.3) is 0 Å².